The molecule has 180 valence electrons. The van der Waals surface area contributed by atoms with Crippen LogP contribution in [0.4, 0.5) is 0 Å². The van der Waals surface area contributed by atoms with Gasteiger partial charge in [-0.3, -0.25) is 20.0 Å². The molecule has 37 heavy (non-hydrogen) atoms. The largest absolute Gasteiger partial charge is 0.422 e. The molecular formula is C28H21N7O2. The Morgan fingerprint density at radius 1 is 1.08 bits per heavy atom. The zero-order chi connectivity index (χ0) is 25.5. The number of rotatable bonds is 5. The molecule has 1 aliphatic heterocycles. The Morgan fingerprint density at radius 2 is 1.84 bits per heavy atom. The second-order valence-corrected chi connectivity index (χ2v) is 8.89. The summed E-state index contributed by atoms with van der Waals surface area (Å²) in [5, 5.41) is 32.9. The number of hydrogen-bond donors (Lipinski definition) is 3. The first-order valence-electron chi connectivity index (χ1n) is 11.7. The summed E-state index contributed by atoms with van der Waals surface area (Å²) in [5.41, 5.74) is 9.77. The van der Waals surface area contributed by atoms with E-state index in [0.29, 0.717) is 22.5 Å². The molecule has 0 spiro atoms. The van der Waals surface area contributed by atoms with Gasteiger partial charge in [0.1, 0.15) is 12.5 Å². The van der Waals surface area contributed by atoms with Gasteiger partial charge in [0.05, 0.1) is 23.0 Å². The third-order valence-electron chi connectivity index (χ3n) is 6.57. The van der Waals surface area contributed by atoms with Crippen LogP contribution in [-0.2, 0) is 11.3 Å². The molecule has 0 aliphatic carbocycles. The molecule has 6 rings (SSSR count). The molecule has 2 aromatic heterocycles. The van der Waals surface area contributed by atoms with E-state index in [1.807, 2.05) is 66.7 Å². The summed E-state index contributed by atoms with van der Waals surface area (Å²) in [6.07, 6.45) is 1.72. The topological polar surface area (TPSA) is 146 Å². The number of aromatic amines is 1. The van der Waals surface area contributed by atoms with E-state index in [-0.39, 0.29) is 18.3 Å². The minimum atomic E-state index is -0.932. The second kappa shape index (κ2) is 8.77. The molecule has 2 atom stereocenters. The van der Waals surface area contributed by atoms with Gasteiger partial charge in [-0.1, -0.05) is 66.7 Å². The van der Waals surface area contributed by atoms with Gasteiger partial charge in [-0.2, -0.15) is 10.4 Å². The monoisotopic (exact) mass is 487 g/mol. The number of carbonyl (C=O) groups is 1. The summed E-state index contributed by atoms with van der Waals surface area (Å²) in [7, 11) is 0. The minimum Gasteiger partial charge on any atom is -0.422 e. The molecule has 0 fully saturated rings. The van der Waals surface area contributed by atoms with E-state index < -0.39 is 17.7 Å². The Kier molecular flexibility index (Phi) is 5.27. The fourth-order valence-corrected chi connectivity index (χ4v) is 4.94. The van der Waals surface area contributed by atoms with Gasteiger partial charge in [0.25, 0.3) is 0 Å². The molecule has 9 heteroatoms. The van der Waals surface area contributed by atoms with Gasteiger partial charge in [-0.15, -0.1) is 5.10 Å². The van der Waals surface area contributed by atoms with E-state index in [9.17, 15) is 10.1 Å². The SMILES string of the molecule is N#CC1C(=N)Oc2n[nH]c(-c3ccc4ccccc4c3)c2C1c1cn(CC(N)=O)nc1-c1ccccc1. The van der Waals surface area contributed by atoms with E-state index in [1.54, 1.807) is 6.20 Å². The van der Waals surface area contributed by atoms with Crippen LogP contribution in [0.2, 0.25) is 0 Å². The van der Waals surface area contributed by atoms with Gasteiger partial charge in [-0.05, 0) is 16.8 Å². The number of fused-ring (bicyclic) bond motifs is 2. The zero-order valence-electron chi connectivity index (χ0n) is 19.6. The van der Waals surface area contributed by atoms with Gasteiger partial charge in [0.2, 0.25) is 17.7 Å². The first-order valence-corrected chi connectivity index (χ1v) is 11.7. The Bertz CT molecular complexity index is 1710. The number of carbonyl (C=O) groups excluding carboxylic acids is 1. The Hall–Kier alpha value is -5.23. The van der Waals surface area contributed by atoms with Crippen molar-refractivity contribution in [3.05, 3.63) is 90.1 Å². The maximum absolute atomic E-state index is 11.7. The molecule has 0 radical (unpaired) electrons. The lowest BCUT2D eigenvalue weighted by Gasteiger charge is -2.28. The average molecular weight is 488 g/mol. The normalized spacial score (nSPS) is 16.7. The smallest absolute Gasteiger partial charge is 0.244 e. The van der Waals surface area contributed by atoms with Crippen molar-refractivity contribution in [3.8, 4) is 34.5 Å². The molecule has 4 N–H and O–H groups in total. The molecule has 3 aromatic carbocycles. The van der Waals surface area contributed by atoms with Crippen molar-refractivity contribution in [2.75, 3.05) is 0 Å². The third-order valence-corrected chi connectivity index (χ3v) is 6.57. The number of nitrogens with two attached hydrogens (primary N) is 1. The number of benzene rings is 3. The first kappa shape index (κ1) is 22.2. The van der Waals surface area contributed by atoms with Crippen LogP contribution in [0, 0.1) is 22.7 Å². The Morgan fingerprint density at radius 3 is 2.59 bits per heavy atom. The predicted octanol–water partition coefficient (Wildman–Crippen LogP) is 4.22. The Balaban J connectivity index is 1.59. The zero-order valence-corrected chi connectivity index (χ0v) is 19.6. The van der Waals surface area contributed by atoms with Gasteiger partial charge < -0.3 is 10.5 Å². The Labute approximate surface area is 211 Å². The van der Waals surface area contributed by atoms with Crippen LogP contribution in [0.15, 0.2) is 79.0 Å². The van der Waals surface area contributed by atoms with E-state index in [1.165, 1.54) is 4.68 Å². The van der Waals surface area contributed by atoms with Crippen molar-refractivity contribution in [1.29, 1.82) is 10.7 Å². The third kappa shape index (κ3) is 3.81. The van der Waals surface area contributed by atoms with Crippen molar-refractivity contribution in [1.82, 2.24) is 20.0 Å². The number of amides is 1. The van der Waals surface area contributed by atoms with Crippen LogP contribution < -0.4 is 10.5 Å². The van der Waals surface area contributed by atoms with Gasteiger partial charge in [0, 0.05) is 28.8 Å². The van der Waals surface area contributed by atoms with E-state index in [2.05, 4.69) is 27.4 Å². The lowest BCUT2D eigenvalue weighted by Crippen LogP contribution is -2.31. The molecule has 0 saturated heterocycles. The van der Waals surface area contributed by atoms with Gasteiger partial charge >= 0.3 is 0 Å². The molecule has 1 aliphatic rings. The molecule has 5 aromatic rings. The molecule has 9 nitrogen and oxygen atoms in total. The fraction of sp³-hybridized carbons (Fsp3) is 0.107. The lowest BCUT2D eigenvalue weighted by molar-refractivity contribution is -0.118. The highest BCUT2D eigenvalue weighted by Gasteiger charge is 2.42. The van der Waals surface area contributed by atoms with Crippen molar-refractivity contribution >= 4 is 22.6 Å². The van der Waals surface area contributed by atoms with Gasteiger partial charge in [-0.25, -0.2) is 0 Å². The maximum Gasteiger partial charge on any atom is 0.244 e. The highest BCUT2D eigenvalue weighted by molar-refractivity contribution is 5.90. The summed E-state index contributed by atoms with van der Waals surface area (Å²) < 4.78 is 7.19. The number of ether oxygens (including phenoxy) is 1. The molecule has 0 bridgehead atoms. The molecule has 1 amide bonds. The molecule has 2 unspecified atom stereocenters. The number of H-pyrrole nitrogens is 1. The van der Waals surface area contributed by atoms with Crippen LogP contribution in [0.5, 0.6) is 5.88 Å². The van der Waals surface area contributed by atoms with Crippen molar-refractivity contribution < 1.29 is 9.53 Å². The summed E-state index contributed by atoms with van der Waals surface area (Å²) in [5.74, 6) is -2.05. The summed E-state index contributed by atoms with van der Waals surface area (Å²) in [4.78, 5) is 11.7. The number of hydrogen-bond acceptors (Lipinski definition) is 6. The first-order chi connectivity index (χ1) is 18.0. The average Bonchev–Trinajstić information content (AvgIpc) is 3.52. The van der Waals surface area contributed by atoms with E-state index >= 15 is 0 Å². The highest BCUT2D eigenvalue weighted by Crippen LogP contribution is 2.48. The predicted molar refractivity (Wildman–Crippen MR) is 138 cm³/mol. The quantitative estimate of drug-likeness (QED) is 0.340. The molecular weight excluding hydrogens is 466 g/mol. The van der Waals surface area contributed by atoms with Crippen molar-refractivity contribution in [2.45, 2.75) is 12.5 Å². The van der Waals surface area contributed by atoms with E-state index in [0.717, 1.165) is 21.9 Å². The minimum absolute atomic E-state index is 0.118. The van der Waals surface area contributed by atoms with Crippen LogP contribution >= 0.6 is 0 Å². The van der Waals surface area contributed by atoms with Crippen molar-refractivity contribution in [3.63, 3.8) is 0 Å². The number of nitriles is 1. The standard InChI is InChI=1S/C28H21N7O2/c29-13-20-23(21-14-35(15-22(30)36)34-25(21)17-7-2-1-3-8-17)24-26(32-33-28(24)37-27(20)31)19-11-10-16-6-4-5-9-18(16)12-19/h1-12,14,20,23,31H,15H2,(H2,30,36)(H,32,33). The second-order valence-electron chi connectivity index (χ2n) is 8.89. The van der Waals surface area contributed by atoms with Crippen LogP contribution in [0.25, 0.3) is 33.3 Å². The highest BCUT2D eigenvalue weighted by atomic mass is 16.5. The van der Waals surface area contributed by atoms with Crippen LogP contribution in [-0.4, -0.2) is 31.8 Å². The number of nitrogens with one attached hydrogen (secondary N) is 2. The number of primary amides is 1. The summed E-state index contributed by atoms with van der Waals surface area (Å²) in [6, 6.07) is 25.9. The van der Waals surface area contributed by atoms with Crippen LogP contribution in [0.1, 0.15) is 17.0 Å². The fourth-order valence-electron chi connectivity index (χ4n) is 4.94. The summed E-state index contributed by atoms with van der Waals surface area (Å²) >= 11 is 0. The van der Waals surface area contributed by atoms with E-state index in [4.69, 9.17) is 15.9 Å². The van der Waals surface area contributed by atoms with Gasteiger partial charge in [0.15, 0.2) is 0 Å². The maximum atomic E-state index is 11.7. The number of aromatic nitrogens is 4. The van der Waals surface area contributed by atoms with Crippen LogP contribution in [0.3, 0.4) is 0 Å². The molecule has 0 saturated carbocycles. The van der Waals surface area contributed by atoms with Crippen molar-refractivity contribution in [2.24, 2.45) is 11.7 Å². The molecule has 3 heterocycles. The summed E-state index contributed by atoms with van der Waals surface area (Å²) in [6.45, 7) is -0.118. The lowest BCUT2D eigenvalue weighted by atomic mass is 9.78. The number of nitrogens with zero attached hydrogens (tertiary/aromatic N) is 4.